The molecule has 0 bridgehead atoms. The van der Waals surface area contributed by atoms with Gasteiger partial charge in [-0.1, -0.05) is 11.6 Å². The smallest absolute Gasteiger partial charge is 0.410 e. The Morgan fingerprint density at radius 2 is 2.13 bits per heavy atom. The highest BCUT2D eigenvalue weighted by Gasteiger charge is 2.32. The van der Waals surface area contributed by atoms with Gasteiger partial charge in [-0.25, -0.2) is 18.2 Å². The molecule has 1 aliphatic rings. The third-order valence-corrected chi connectivity index (χ3v) is 6.89. The van der Waals surface area contributed by atoms with Crippen molar-refractivity contribution in [3.05, 3.63) is 34.1 Å². The lowest BCUT2D eigenvalue weighted by atomic mass is 10.2. The Morgan fingerprint density at radius 3 is 2.73 bits per heavy atom. The molecule has 11 heteroatoms. The van der Waals surface area contributed by atoms with Gasteiger partial charge in [0.1, 0.15) is 5.60 Å². The highest BCUT2D eigenvalue weighted by Crippen LogP contribution is 2.32. The fraction of sp³-hybridized carbons (Fsp3) is 0.474. The van der Waals surface area contributed by atoms with E-state index in [4.69, 9.17) is 16.3 Å². The number of sulfonamides is 1. The first kappa shape index (κ1) is 22.6. The molecule has 2 heterocycles. The zero-order valence-electron chi connectivity index (χ0n) is 17.3. The summed E-state index contributed by atoms with van der Waals surface area (Å²) < 4.78 is 33.0. The second-order valence-electron chi connectivity index (χ2n) is 8.07. The van der Waals surface area contributed by atoms with E-state index in [0.717, 1.165) is 6.42 Å². The number of rotatable bonds is 5. The van der Waals surface area contributed by atoms with E-state index in [2.05, 4.69) is 9.71 Å². The highest BCUT2D eigenvalue weighted by molar-refractivity contribution is 7.92. The van der Waals surface area contributed by atoms with Gasteiger partial charge < -0.3 is 14.5 Å². The molecule has 0 spiro atoms. The van der Waals surface area contributed by atoms with Gasteiger partial charge in [0.25, 0.3) is 10.0 Å². The van der Waals surface area contributed by atoms with E-state index >= 15 is 0 Å². The molecule has 1 aromatic heterocycles. The zero-order valence-corrected chi connectivity index (χ0v) is 19.6. The van der Waals surface area contributed by atoms with Crippen LogP contribution in [0.5, 0.6) is 0 Å². The Bertz CT molecular complexity index is 1010. The van der Waals surface area contributed by atoms with Crippen molar-refractivity contribution in [1.29, 1.82) is 0 Å². The van der Waals surface area contributed by atoms with E-state index in [9.17, 15) is 13.2 Å². The monoisotopic (exact) mass is 472 g/mol. The van der Waals surface area contributed by atoms with Gasteiger partial charge in [-0.2, -0.15) is 0 Å². The summed E-state index contributed by atoms with van der Waals surface area (Å²) in [5.74, 6) is 0.269. The number of carbonyl (C=O) groups excluding carboxylic acids is 1. The molecule has 8 nitrogen and oxygen atoms in total. The molecular weight excluding hydrogens is 448 g/mol. The van der Waals surface area contributed by atoms with E-state index in [1.54, 1.807) is 21.9 Å². The van der Waals surface area contributed by atoms with Gasteiger partial charge in [-0.3, -0.25) is 4.72 Å². The van der Waals surface area contributed by atoms with Crippen LogP contribution in [-0.4, -0.2) is 56.2 Å². The van der Waals surface area contributed by atoms with Gasteiger partial charge in [-0.05, 0) is 45.4 Å². The quantitative estimate of drug-likeness (QED) is 0.706. The van der Waals surface area contributed by atoms with Crippen molar-refractivity contribution in [3.63, 3.8) is 0 Å². The number of hydrogen-bond donors (Lipinski definition) is 1. The lowest BCUT2D eigenvalue weighted by Gasteiger charge is -2.28. The van der Waals surface area contributed by atoms with Gasteiger partial charge in [0, 0.05) is 31.6 Å². The molecule has 1 fully saturated rings. The van der Waals surface area contributed by atoms with Crippen LogP contribution in [0.25, 0.3) is 0 Å². The van der Waals surface area contributed by atoms with Crippen molar-refractivity contribution < 1.29 is 17.9 Å². The molecule has 1 atom stereocenters. The first-order valence-corrected chi connectivity index (χ1v) is 12.2. The first-order valence-electron chi connectivity index (χ1n) is 9.37. The number of likely N-dealkylation sites (N-methyl/N-ethyl adjacent to an activating group) is 1. The van der Waals surface area contributed by atoms with Gasteiger partial charge >= 0.3 is 6.09 Å². The third kappa shape index (κ3) is 5.35. The molecule has 0 aliphatic carbocycles. The normalized spacial score (nSPS) is 17.1. The molecular formula is C19H25ClN4O4S2. The van der Waals surface area contributed by atoms with Crippen molar-refractivity contribution in [2.45, 2.75) is 43.7 Å². The molecule has 2 aromatic rings. The minimum Gasteiger partial charge on any atom is -0.444 e. The number of thiazole rings is 1. The van der Waals surface area contributed by atoms with Crippen molar-refractivity contribution in [2.24, 2.45) is 0 Å². The summed E-state index contributed by atoms with van der Waals surface area (Å²) in [6.45, 7) is 6.61. The Kier molecular flexibility index (Phi) is 6.49. The van der Waals surface area contributed by atoms with Crippen LogP contribution in [0, 0.1) is 0 Å². The molecule has 1 aliphatic heterocycles. The Balaban J connectivity index is 1.70. The van der Waals surface area contributed by atoms with Crippen LogP contribution in [0.3, 0.4) is 0 Å². The molecule has 0 saturated carbocycles. The van der Waals surface area contributed by atoms with E-state index in [-0.39, 0.29) is 22.8 Å². The molecule has 0 radical (unpaired) electrons. The SMILES string of the molecule is CN(c1ccc(S(=O)(=O)Nc2cscn2)cc1Cl)[C@H]1CCN(C(=O)OC(C)(C)C)C1. The standard InChI is InChI=1S/C19H25ClN4O4S2/c1-19(2,3)28-18(25)24-8-7-13(10-24)23(4)16-6-5-14(9-15(16)20)30(26,27)22-17-11-29-12-21-17/h5-6,9,11-13,22H,7-8,10H2,1-4H3/t13-/m0/s1. The maximum Gasteiger partial charge on any atom is 0.410 e. The molecule has 30 heavy (non-hydrogen) atoms. The lowest BCUT2D eigenvalue weighted by Crippen LogP contribution is -2.39. The lowest BCUT2D eigenvalue weighted by molar-refractivity contribution is 0.0292. The van der Waals surface area contributed by atoms with E-state index in [1.165, 1.54) is 23.5 Å². The summed E-state index contributed by atoms with van der Waals surface area (Å²) in [5.41, 5.74) is 1.70. The van der Waals surface area contributed by atoms with Crippen molar-refractivity contribution in [2.75, 3.05) is 29.8 Å². The Morgan fingerprint density at radius 1 is 1.40 bits per heavy atom. The minimum absolute atomic E-state index is 0.0469. The van der Waals surface area contributed by atoms with Gasteiger partial charge in [0.05, 0.1) is 21.1 Å². The number of likely N-dealkylation sites (tertiary alicyclic amines) is 1. The molecule has 1 amide bonds. The predicted octanol–water partition coefficient (Wildman–Crippen LogP) is 4.04. The molecule has 1 N–H and O–H groups in total. The zero-order chi connectivity index (χ0) is 22.1. The van der Waals surface area contributed by atoms with Gasteiger partial charge in [0.2, 0.25) is 0 Å². The van der Waals surface area contributed by atoms with Crippen LogP contribution < -0.4 is 9.62 Å². The van der Waals surface area contributed by atoms with Crippen molar-refractivity contribution in [1.82, 2.24) is 9.88 Å². The molecule has 3 rings (SSSR count). The van der Waals surface area contributed by atoms with E-state index < -0.39 is 15.6 Å². The van der Waals surface area contributed by atoms with Crippen molar-refractivity contribution >= 4 is 50.6 Å². The highest BCUT2D eigenvalue weighted by atomic mass is 35.5. The van der Waals surface area contributed by atoms with Crippen LogP contribution in [0.4, 0.5) is 16.3 Å². The Labute approximate surface area is 185 Å². The van der Waals surface area contributed by atoms with Gasteiger partial charge in [0.15, 0.2) is 5.82 Å². The number of amides is 1. The van der Waals surface area contributed by atoms with Crippen LogP contribution in [0.2, 0.25) is 5.02 Å². The third-order valence-electron chi connectivity index (χ3n) is 4.64. The number of halogens is 1. The largest absolute Gasteiger partial charge is 0.444 e. The molecule has 0 unspecified atom stereocenters. The summed E-state index contributed by atoms with van der Waals surface area (Å²) >= 11 is 7.72. The minimum atomic E-state index is -3.78. The maximum absolute atomic E-state index is 12.5. The summed E-state index contributed by atoms with van der Waals surface area (Å²) in [6.07, 6.45) is 0.427. The first-order chi connectivity index (χ1) is 14.0. The fourth-order valence-corrected chi connectivity index (χ4v) is 5.11. The number of aromatic nitrogens is 1. The van der Waals surface area contributed by atoms with Crippen LogP contribution >= 0.6 is 22.9 Å². The van der Waals surface area contributed by atoms with Crippen LogP contribution in [0.1, 0.15) is 27.2 Å². The number of anilines is 2. The maximum atomic E-state index is 12.5. The van der Waals surface area contributed by atoms with Crippen LogP contribution in [-0.2, 0) is 14.8 Å². The topological polar surface area (TPSA) is 91.8 Å². The predicted molar refractivity (Wildman–Crippen MR) is 119 cm³/mol. The number of benzene rings is 1. The van der Waals surface area contributed by atoms with Gasteiger partial charge in [-0.15, -0.1) is 11.3 Å². The number of nitrogens with one attached hydrogen (secondary N) is 1. The second-order valence-corrected chi connectivity index (χ2v) is 10.9. The summed E-state index contributed by atoms with van der Waals surface area (Å²) in [7, 11) is -1.90. The number of carbonyl (C=O) groups is 1. The Hall–Kier alpha value is -2.04. The fourth-order valence-electron chi connectivity index (χ4n) is 3.15. The summed E-state index contributed by atoms with van der Waals surface area (Å²) in [6, 6.07) is 4.65. The molecule has 1 saturated heterocycles. The van der Waals surface area contributed by atoms with Crippen molar-refractivity contribution in [3.8, 4) is 0 Å². The summed E-state index contributed by atoms with van der Waals surface area (Å²) in [4.78, 5) is 19.9. The van der Waals surface area contributed by atoms with Crippen LogP contribution in [0.15, 0.2) is 34.0 Å². The average molecular weight is 473 g/mol. The molecule has 164 valence electrons. The average Bonchev–Trinajstić information content (AvgIpc) is 3.31. The number of ether oxygens (including phenoxy) is 1. The van der Waals surface area contributed by atoms with E-state index in [0.29, 0.717) is 23.8 Å². The number of hydrogen-bond acceptors (Lipinski definition) is 7. The number of nitrogens with zero attached hydrogens (tertiary/aromatic N) is 3. The summed E-state index contributed by atoms with van der Waals surface area (Å²) in [5, 5.41) is 1.92. The molecule has 1 aromatic carbocycles. The second kappa shape index (κ2) is 8.60. The van der Waals surface area contributed by atoms with E-state index in [1.807, 2.05) is 32.7 Å².